The van der Waals surface area contributed by atoms with Crippen molar-refractivity contribution in [1.29, 1.82) is 0 Å². The topological polar surface area (TPSA) is 17.1 Å². The van der Waals surface area contributed by atoms with Crippen molar-refractivity contribution >= 4 is 21.7 Å². The van der Waals surface area contributed by atoms with Crippen LogP contribution in [-0.2, 0) is 11.2 Å². The molecule has 0 radical (unpaired) electrons. The zero-order chi connectivity index (χ0) is 12.3. The van der Waals surface area contributed by atoms with Crippen molar-refractivity contribution in [2.45, 2.75) is 38.5 Å². The van der Waals surface area contributed by atoms with E-state index in [-0.39, 0.29) is 11.7 Å². The first-order chi connectivity index (χ1) is 8.16. The molecule has 1 aromatic carbocycles. The Balaban J connectivity index is 2.13. The maximum absolute atomic E-state index is 13.2. The van der Waals surface area contributed by atoms with Crippen molar-refractivity contribution in [3.8, 4) is 0 Å². The first-order valence-corrected chi connectivity index (χ1v) is 6.93. The molecule has 0 spiro atoms. The Labute approximate surface area is 110 Å². The van der Waals surface area contributed by atoms with E-state index in [2.05, 4.69) is 15.9 Å². The third kappa shape index (κ3) is 3.38. The molecule has 0 heterocycles. The lowest BCUT2D eigenvalue weighted by Gasteiger charge is -2.14. The quantitative estimate of drug-likeness (QED) is 0.745. The number of carbonyl (C=O) groups excluding carboxylic acids is 1. The number of carbonyl (C=O) groups is 1. The van der Waals surface area contributed by atoms with Gasteiger partial charge in [-0.25, -0.2) is 4.39 Å². The molecule has 1 unspecified atom stereocenters. The molecule has 1 aliphatic carbocycles. The van der Waals surface area contributed by atoms with Crippen LogP contribution in [0.25, 0.3) is 0 Å². The van der Waals surface area contributed by atoms with Crippen LogP contribution in [0.15, 0.2) is 22.7 Å². The Bertz CT molecular complexity index is 417. The van der Waals surface area contributed by atoms with Gasteiger partial charge in [-0.2, -0.15) is 0 Å². The van der Waals surface area contributed by atoms with E-state index in [0.29, 0.717) is 18.6 Å². The summed E-state index contributed by atoms with van der Waals surface area (Å²) in [5.41, 5.74) is 0.908. The summed E-state index contributed by atoms with van der Waals surface area (Å²) in [6.45, 7) is 0. The van der Waals surface area contributed by atoms with Gasteiger partial charge in [0.25, 0.3) is 0 Å². The van der Waals surface area contributed by atoms with Crippen molar-refractivity contribution in [2.75, 3.05) is 0 Å². The van der Waals surface area contributed by atoms with Crippen molar-refractivity contribution in [3.63, 3.8) is 0 Å². The van der Waals surface area contributed by atoms with Crippen LogP contribution in [0, 0.1) is 11.7 Å². The third-order valence-electron chi connectivity index (χ3n) is 3.41. The zero-order valence-electron chi connectivity index (χ0n) is 9.72. The van der Waals surface area contributed by atoms with Gasteiger partial charge in [0.2, 0.25) is 0 Å². The van der Waals surface area contributed by atoms with Gasteiger partial charge < -0.3 is 0 Å². The van der Waals surface area contributed by atoms with Crippen LogP contribution in [0.3, 0.4) is 0 Å². The fourth-order valence-electron chi connectivity index (χ4n) is 2.41. The first kappa shape index (κ1) is 12.7. The number of benzene rings is 1. The molecule has 1 aliphatic rings. The molecule has 0 aromatic heterocycles. The van der Waals surface area contributed by atoms with E-state index in [1.165, 1.54) is 12.1 Å². The molecule has 1 saturated carbocycles. The van der Waals surface area contributed by atoms with Crippen LogP contribution >= 0.6 is 15.9 Å². The molecule has 0 amide bonds. The molecule has 1 aromatic rings. The monoisotopic (exact) mass is 298 g/mol. The maximum Gasteiger partial charge on any atom is 0.136 e. The molecule has 17 heavy (non-hydrogen) atoms. The number of Topliss-reactive ketones (excluding diaryl/α,β-unsaturated/α-hetero) is 1. The minimum Gasteiger partial charge on any atom is -0.299 e. The van der Waals surface area contributed by atoms with Gasteiger partial charge in [-0.15, -0.1) is 0 Å². The van der Waals surface area contributed by atoms with E-state index in [1.54, 1.807) is 6.07 Å². The van der Waals surface area contributed by atoms with Gasteiger partial charge in [-0.3, -0.25) is 4.79 Å². The Morgan fingerprint density at radius 1 is 1.29 bits per heavy atom. The smallest absolute Gasteiger partial charge is 0.136 e. The molecule has 92 valence electrons. The standard InChI is InChI=1S/C14H16BrFO/c15-13-7-6-12(16)9-11(13)8-10-4-2-1-3-5-14(10)17/h6-7,9-10H,1-5,8H2. The van der Waals surface area contributed by atoms with Crippen LogP contribution in [0.4, 0.5) is 4.39 Å². The van der Waals surface area contributed by atoms with Crippen molar-refractivity contribution in [2.24, 2.45) is 5.92 Å². The summed E-state index contributed by atoms with van der Waals surface area (Å²) < 4.78 is 14.1. The average molecular weight is 299 g/mol. The number of hydrogen-bond donors (Lipinski definition) is 0. The molecular weight excluding hydrogens is 283 g/mol. The molecule has 0 saturated heterocycles. The highest BCUT2D eigenvalue weighted by Gasteiger charge is 2.21. The van der Waals surface area contributed by atoms with Gasteiger partial charge in [0.1, 0.15) is 11.6 Å². The first-order valence-electron chi connectivity index (χ1n) is 6.13. The Morgan fingerprint density at radius 2 is 2.12 bits per heavy atom. The van der Waals surface area contributed by atoms with E-state index in [1.807, 2.05) is 0 Å². The van der Waals surface area contributed by atoms with E-state index >= 15 is 0 Å². The second-order valence-corrected chi connectivity index (χ2v) is 5.56. The molecular formula is C14H16BrFO. The Kier molecular flexibility index (Phi) is 4.32. The second-order valence-electron chi connectivity index (χ2n) is 4.70. The summed E-state index contributed by atoms with van der Waals surface area (Å²) >= 11 is 3.42. The molecule has 1 nitrogen and oxygen atoms in total. The second kappa shape index (κ2) is 5.76. The number of rotatable bonds is 2. The number of ketones is 1. The van der Waals surface area contributed by atoms with Crippen molar-refractivity contribution in [3.05, 3.63) is 34.1 Å². The van der Waals surface area contributed by atoms with Crippen LogP contribution in [0.5, 0.6) is 0 Å². The fourth-order valence-corrected chi connectivity index (χ4v) is 2.82. The number of halogens is 2. The average Bonchev–Trinajstić information content (AvgIpc) is 2.50. The highest BCUT2D eigenvalue weighted by Crippen LogP contribution is 2.27. The van der Waals surface area contributed by atoms with Crippen LogP contribution in [0.1, 0.15) is 37.7 Å². The SMILES string of the molecule is O=C1CCCCCC1Cc1cc(F)ccc1Br. The Morgan fingerprint density at radius 3 is 2.94 bits per heavy atom. The predicted molar refractivity (Wildman–Crippen MR) is 69.4 cm³/mol. The molecule has 0 aliphatic heterocycles. The van der Waals surface area contributed by atoms with E-state index in [9.17, 15) is 9.18 Å². The number of hydrogen-bond acceptors (Lipinski definition) is 1. The van der Waals surface area contributed by atoms with Gasteiger partial charge in [0, 0.05) is 16.8 Å². The normalized spacial score (nSPS) is 21.3. The predicted octanol–water partition coefficient (Wildman–Crippen LogP) is 4.28. The minimum absolute atomic E-state index is 0.0793. The molecule has 3 heteroatoms. The van der Waals surface area contributed by atoms with Crippen LogP contribution in [0.2, 0.25) is 0 Å². The largest absolute Gasteiger partial charge is 0.299 e. The zero-order valence-corrected chi connectivity index (χ0v) is 11.3. The summed E-state index contributed by atoms with van der Waals surface area (Å²) in [6.07, 6.45) is 5.58. The summed E-state index contributed by atoms with van der Waals surface area (Å²) in [6, 6.07) is 4.68. The van der Waals surface area contributed by atoms with E-state index < -0.39 is 0 Å². The summed E-state index contributed by atoms with van der Waals surface area (Å²) in [7, 11) is 0. The Hall–Kier alpha value is -0.700. The summed E-state index contributed by atoms with van der Waals surface area (Å²) in [4.78, 5) is 11.9. The van der Waals surface area contributed by atoms with Crippen molar-refractivity contribution in [1.82, 2.24) is 0 Å². The molecule has 1 fully saturated rings. The molecule has 1 atom stereocenters. The lowest BCUT2D eigenvalue weighted by Crippen LogP contribution is -2.15. The molecule has 2 rings (SSSR count). The summed E-state index contributed by atoms with van der Waals surface area (Å²) in [5, 5.41) is 0. The van der Waals surface area contributed by atoms with Crippen molar-refractivity contribution < 1.29 is 9.18 Å². The minimum atomic E-state index is -0.232. The molecule has 0 bridgehead atoms. The van der Waals surface area contributed by atoms with Gasteiger partial charge in [-0.05, 0) is 43.0 Å². The third-order valence-corrected chi connectivity index (χ3v) is 4.18. The van der Waals surface area contributed by atoms with Gasteiger partial charge >= 0.3 is 0 Å². The lowest BCUT2D eigenvalue weighted by molar-refractivity contribution is -0.122. The highest BCUT2D eigenvalue weighted by atomic mass is 79.9. The van der Waals surface area contributed by atoms with Crippen LogP contribution < -0.4 is 0 Å². The van der Waals surface area contributed by atoms with E-state index in [0.717, 1.165) is 35.7 Å². The molecule has 0 N–H and O–H groups in total. The summed E-state index contributed by atoms with van der Waals surface area (Å²) in [5.74, 6) is 0.193. The van der Waals surface area contributed by atoms with E-state index in [4.69, 9.17) is 0 Å². The maximum atomic E-state index is 13.2. The fraction of sp³-hybridized carbons (Fsp3) is 0.500. The lowest BCUT2D eigenvalue weighted by atomic mass is 9.91. The van der Waals surface area contributed by atoms with Gasteiger partial charge in [-0.1, -0.05) is 28.8 Å². The van der Waals surface area contributed by atoms with Gasteiger partial charge in [0.15, 0.2) is 0 Å². The highest BCUT2D eigenvalue weighted by molar-refractivity contribution is 9.10. The van der Waals surface area contributed by atoms with Gasteiger partial charge in [0.05, 0.1) is 0 Å². The van der Waals surface area contributed by atoms with Crippen LogP contribution in [-0.4, -0.2) is 5.78 Å².